The van der Waals surface area contributed by atoms with E-state index in [0.717, 1.165) is 19.0 Å². The molecule has 0 spiro atoms. The van der Waals surface area contributed by atoms with E-state index in [1.54, 1.807) is 0 Å². The Morgan fingerprint density at radius 3 is 2.80 bits per heavy atom. The third-order valence-electron chi connectivity index (χ3n) is 4.20. The van der Waals surface area contributed by atoms with E-state index in [9.17, 15) is 0 Å². The third-order valence-corrected chi connectivity index (χ3v) is 4.83. The van der Waals surface area contributed by atoms with E-state index in [2.05, 4.69) is 65.1 Å². The van der Waals surface area contributed by atoms with Crippen molar-refractivity contribution in [1.29, 1.82) is 0 Å². The minimum absolute atomic E-state index is 0.645. The van der Waals surface area contributed by atoms with Gasteiger partial charge in [-0.25, -0.2) is 0 Å². The van der Waals surface area contributed by atoms with Gasteiger partial charge in [0.2, 0.25) is 0 Å². The number of anilines is 1. The third kappa shape index (κ3) is 3.98. The number of hydrogen-bond acceptors (Lipinski definition) is 2. The van der Waals surface area contributed by atoms with Crippen molar-refractivity contribution in [1.82, 2.24) is 5.32 Å². The second kappa shape index (κ2) is 7.46. The molecule has 1 aromatic rings. The van der Waals surface area contributed by atoms with Gasteiger partial charge in [-0.05, 0) is 72.3 Å². The summed E-state index contributed by atoms with van der Waals surface area (Å²) in [6.45, 7) is 10.1. The zero-order chi connectivity index (χ0) is 14.5. The molecule has 1 N–H and O–H groups in total. The summed E-state index contributed by atoms with van der Waals surface area (Å²) in [5.41, 5.74) is 2.70. The van der Waals surface area contributed by atoms with E-state index >= 15 is 0 Å². The lowest BCUT2D eigenvalue weighted by molar-refractivity contribution is 0.390. The predicted octanol–water partition coefficient (Wildman–Crippen LogP) is 4.57. The highest BCUT2D eigenvalue weighted by Gasteiger charge is 2.24. The number of nitrogens with one attached hydrogen (secondary N) is 1. The second-order valence-corrected chi connectivity index (χ2v) is 7.00. The van der Waals surface area contributed by atoms with E-state index in [1.807, 2.05) is 0 Å². The van der Waals surface area contributed by atoms with Crippen LogP contribution in [-0.2, 0) is 6.54 Å². The van der Waals surface area contributed by atoms with E-state index in [4.69, 9.17) is 0 Å². The highest BCUT2D eigenvalue weighted by Crippen LogP contribution is 2.33. The first-order valence-electron chi connectivity index (χ1n) is 7.87. The number of benzene rings is 1. The van der Waals surface area contributed by atoms with Gasteiger partial charge >= 0.3 is 0 Å². The van der Waals surface area contributed by atoms with Crippen molar-refractivity contribution in [3.05, 3.63) is 28.2 Å². The summed E-state index contributed by atoms with van der Waals surface area (Å²) in [7, 11) is 0. The number of nitrogens with zero attached hydrogens (tertiary/aromatic N) is 1. The fraction of sp³-hybridized carbons (Fsp3) is 0.647. The van der Waals surface area contributed by atoms with Crippen LogP contribution in [0.3, 0.4) is 0 Å². The molecule has 112 valence electrons. The maximum atomic E-state index is 3.77. The molecule has 0 radical (unpaired) electrons. The van der Waals surface area contributed by atoms with Crippen LogP contribution >= 0.6 is 15.9 Å². The van der Waals surface area contributed by atoms with Crippen LogP contribution in [0, 0.1) is 5.92 Å². The Bertz CT molecular complexity index is 433. The molecular formula is C17H27BrN2. The predicted molar refractivity (Wildman–Crippen MR) is 91.3 cm³/mol. The molecule has 1 fully saturated rings. The van der Waals surface area contributed by atoms with Crippen molar-refractivity contribution in [3.8, 4) is 0 Å². The first kappa shape index (κ1) is 15.8. The molecule has 2 unspecified atom stereocenters. The van der Waals surface area contributed by atoms with Crippen LogP contribution in [0.4, 0.5) is 5.69 Å². The van der Waals surface area contributed by atoms with Gasteiger partial charge < -0.3 is 10.2 Å². The maximum Gasteiger partial charge on any atom is 0.0513 e. The molecule has 1 aromatic carbocycles. The van der Waals surface area contributed by atoms with Crippen molar-refractivity contribution in [3.63, 3.8) is 0 Å². The molecule has 0 aliphatic carbocycles. The van der Waals surface area contributed by atoms with Gasteiger partial charge in [0.15, 0.2) is 0 Å². The Morgan fingerprint density at radius 1 is 1.30 bits per heavy atom. The number of hydrogen-bond donors (Lipinski definition) is 1. The molecule has 0 saturated carbocycles. The van der Waals surface area contributed by atoms with Crippen LogP contribution in [0.2, 0.25) is 0 Å². The normalized spacial score (nSPS) is 23.1. The van der Waals surface area contributed by atoms with Crippen LogP contribution in [0.1, 0.15) is 45.6 Å². The summed E-state index contributed by atoms with van der Waals surface area (Å²) < 4.78 is 1.23. The number of rotatable bonds is 5. The average molecular weight is 339 g/mol. The molecule has 3 heteroatoms. The molecule has 1 heterocycles. The van der Waals surface area contributed by atoms with Crippen LogP contribution < -0.4 is 10.2 Å². The lowest BCUT2D eigenvalue weighted by Gasteiger charge is -2.39. The van der Waals surface area contributed by atoms with Gasteiger partial charge in [-0.3, -0.25) is 0 Å². The van der Waals surface area contributed by atoms with Crippen molar-refractivity contribution in [2.24, 2.45) is 5.92 Å². The molecule has 2 atom stereocenters. The van der Waals surface area contributed by atoms with Crippen molar-refractivity contribution < 1.29 is 0 Å². The highest BCUT2D eigenvalue weighted by molar-refractivity contribution is 9.10. The van der Waals surface area contributed by atoms with Crippen molar-refractivity contribution in [2.45, 2.75) is 52.6 Å². The molecule has 0 aromatic heterocycles. The molecule has 0 bridgehead atoms. The summed E-state index contributed by atoms with van der Waals surface area (Å²) in [4.78, 5) is 2.56. The average Bonchev–Trinajstić information content (AvgIpc) is 2.42. The molecule has 1 aliphatic rings. The SMILES string of the molecule is CCCNCc1ccc(N2CC(C)CCC2C)c(Br)c1. The topological polar surface area (TPSA) is 15.3 Å². The summed E-state index contributed by atoms with van der Waals surface area (Å²) >= 11 is 3.77. The minimum Gasteiger partial charge on any atom is -0.368 e. The largest absolute Gasteiger partial charge is 0.368 e. The van der Waals surface area contributed by atoms with Crippen LogP contribution in [0.15, 0.2) is 22.7 Å². The zero-order valence-corrected chi connectivity index (χ0v) is 14.5. The van der Waals surface area contributed by atoms with E-state index < -0.39 is 0 Å². The first-order valence-corrected chi connectivity index (χ1v) is 8.67. The molecule has 1 saturated heterocycles. The molecule has 20 heavy (non-hydrogen) atoms. The molecule has 0 amide bonds. The zero-order valence-electron chi connectivity index (χ0n) is 13.0. The molecule has 1 aliphatic heterocycles. The van der Waals surface area contributed by atoms with Crippen LogP contribution in [0.25, 0.3) is 0 Å². The van der Waals surface area contributed by atoms with Gasteiger partial charge in [-0.2, -0.15) is 0 Å². The standard InChI is InChI=1S/C17H27BrN2/c1-4-9-19-11-15-7-8-17(16(18)10-15)20-12-13(2)5-6-14(20)3/h7-8,10,13-14,19H,4-6,9,11-12H2,1-3H3. The quantitative estimate of drug-likeness (QED) is 0.791. The highest BCUT2D eigenvalue weighted by atomic mass is 79.9. The minimum atomic E-state index is 0.645. The van der Waals surface area contributed by atoms with Crippen molar-refractivity contribution in [2.75, 3.05) is 18.0 Å². The Morgan fingerprint density at radius 2 is 2.10 bits per heavy atom. The van der Waals surface area contributed by atoms with E-state index in [-0.39, 0.29) is 0 Å². The Hall–Kier alpha value is -0.540. The Labute approximate surface area is 132 Å². The summed E-state index contributed by atoms with van der Waals surface area (Å²) in [5, 5.41) is 3.46. The molecule has 2 nitrogen and oxygen atoms in total. The number of halogens is 1. The van der Waals surface area contributed by atoms with Gasteiger partial charge in [0.1, 0.15) is 0 Å². The smallest absolute Gasteiger partial charge is 0.0513 e. The maximum absolute atomic E-state index is 3.77. The van der Waals surface area contributed by atoms with Crippen LogP contribution in [0.5, 0.6) is 0 Å². The summed E-state index contributed by atoms with van der Waals surface area (Å²) in [6.07, 6.45) is 3.84. The Balaban J connectivity index is 2.08. The van der Waals surface area contributed by atoms with Gasteiger partial charge in [0.05, 0.1) is 5.69 Å². The lowest BCUT2D eigenvalue weighted by Crippen LogP contribution is -2.41. The fourth-order valence-electron chi connectivity index (χ4n) is 2.93. The molecule has 2 rings (SSSR count). The van der Waals surface area contributed by atoms with E-state index in [1.165, 1.54) is 41.5 Å². The van der Waals surface area contributed by atoms with Crippen LogP contribution in [-0.4, -0.2) is 19.1 Å². The summed E-state index contributed by atoms with van der Waals surface area (Å²) in [5.74, 6) is 0.795. The van der Waals surface area contributed by atoms with Gasteiger partial charge in [0.25, 0.3) is 0 Å². The van der Waals surface area contributed by atoms with Gasteiger partial charge in [-0.15, -0.1) is 0 Å². The Kier molecular flexibility index (Phi) is 5.91. The molecular weight excluding hydrogens is 312 g/mol. The fourth-order valence-corrected chi connectivity index (χ4v) is 3.58. The van der Waals surface area contributed by atoms with Gasteiger partial charge in [0, 0.05) is 23.6 Å². The first-order chi connectivity index (χ1) is 9.61. The monoisotopic (exact) mass is 338 g/mol. The summed E-state index contributed by atoms with van der Waals surface area (Å²) in [6, 6.07) is 7.45. The lowest BCUT2D eigenvalue weighted by atomic mass is 9.94. The van der Waals surface area contributed by atoms with E-state index in [0.29, 0.717) is 6.04 Å². The second-order valence-electron chi connectivity index (χ2n) is 6.15. The van der Waals surface area contributed by atoms with Crippen molar-refractivity contribution >= 4 is 21.6 Å². The number of piperidine rings is 1. The van der Waals surface area contributed by atoms with Gasteiger partial charge in [-0.1, -0.05) is 19.9 Å².